The van der Waals surface area contributed by atoms with Crippen LogP contribution in [0.2, 0.25) is 0 Å². The number of aryl methyl sites for hydroxylation is 1. The van der Waals surface area contributed by atoms with Gasteiger partial charge in [0.1, 0.15) is 11.6 Å². The average molecular weight is 487 g/mol. The molecule has 0 spiro atoms. The zero-order valence-electron chi connectivity index (χ0n) is 20.2. The van der Waals surface area contributed by atoms with E-state index in [9.17, 15) is 9.18 Å². The molecule has 5 heterocycles. The Morgan fingerprint density at radius 3 is 2.19 bits per heavy atom. The number of nitrogens with zero attached hydrogens (tertiary/aromatic N) is 7. The van der Waals surface area contributed by atoms with Gasteiger partial charge in [0, 0.05) is 62.9 Å². The molecule has 0 aliphatic carbocycles. The van der Waals surface area contributed by atoms with Crippen molar-refractivity contribution in [1.82, 2.24) is 24.9 Å². The monoisotopic (exact) mass is 486 g/mol. The van der Waals surface area contributed by atoms with Gasteiger partial charge in [0.25, 0.3) is 0 Å². The molecular weight excluding hydrogens is 459 g/mol. The number of halogens is 1. The van der Waals surface area contributed by atoms with Crippen molar-refractivity contribution in [3.63, 3.8) is 0 Å². The molecule has 0 saturated carbocycles. The molecule has 0 bridgehead atoms. The molecule has 0 atom stereocenters. The van der Waals surface area contributed by atoms with Gasteiger partial charge in [0.05, 0.1) is 30.0 Å². The van der Waals surface area contributed by atoms with E-state index in [-0.39, 0.29) is 0 Å². The minimum Gasteiger partial charge on any atom is -0.386 e. The summed E-state index contributed by atoms with van der Waals surface area (Å²) in [5.74, 6) is 1.44. The molecule has 1 aliphatic rings. The molecule has 1 saturated heterocycles. The lowest BCUT2D eigenvalue weighted by Crippen LogP contribution is -2.47. The first-order chi connectivity index (χ1) is 17.6. The standard InChI is InChI=1S/C15H20N6.C11H7FN2O/c1-12-3-4-14(17-9-12)20-5-7-21(8-6-20)15-18-10-13(16-2)11-19-15;12-10-3-9(5-13-6-10)11-2-1-8(7-15)4-14-11/h3-4,9-11,16H,5-8H2,1-2H3;1-7H. The van der Waals surface area contributed by atoms with Crippen molar-refractivity contribution in [2.45, 2.75) is 6.92 Å². The number of aldehydes is 1. The predicted octanol–water partition coefficient (Wildman–Crippen LogP) is 3.64. The van der Waals surface area contributed by atoms with Crippen LogP contribution < -0.4 is 15.1 Å². The number of aromatic nitrogens is 5. The zero-order chi connectivity index (χ0) is 25.3. The van der Waals surface area contributed by atoms with E-state index in [1.807, 2.05) is 25.6 Å². The van der Waals surface area contributed by atoms with Gasteiger partial charge in [-0.1, -0.05) is 6.07 Å². The van der Waals surface area contributed by atoms with E-state index in [4.69, 9.17) is 0 Å². The van der Waals surface area contributed by atoms with E-state index in [1.54, 1.807) is 12.1 Å². The van der Waals surface area contributed by atoms with Crippen LogP contribution in [0.15, 0.2) is 67.5 Å². The maximum absolute atomic E-state index is 12.9. The van der Waals surface area contributed by atoms with Gasteiger partial charge >= 0.3 is 0 Å². The highest BCUT2D eigenvalue weighted by molar-refractivity contribution is 5.75. The number of nitrogens with one attached hydrogen (secondary N) is 1. The Balaban J connectivity index is 0.000000179. The Morgan fingerprint density at radius 2 is 1.61 bits per heavy atom. The lowest BCUT2D eigenvalue weighted by molar-refractivity contribution is 0.112. The van der Waals surface area contributed by atoms with Gasteiger partial charge in [0.15, 0.2) is 6.29 Å². The largest absolute Gasteiger partial charge is 0.386 e. The quantitative estimate of drug-likeness (QED) is 0.424. The van der Waals surface area contributed by atoms with Gasteiger partial charge in [-0.15, -0.1) is 0 Å². The van der Waals surface area contributed by atoms with E-state index < -0.39 is 5.82 Å². The number of rotatable bonds is 5. The van der Waals surface area contributed by atoms with Crippen LogP contribution in [0.4, 0.5) is 21.8 Å². The van der Waals surface area contributed by atoms with Crippen LogP contribution >= 0.6 is 0 Å². The topological polar surface area (TPSA) is 100 Å². The molecule has 0 amide bonds. The third-order valence-corrected chi connectivity index (χ3v) is 5.63. The minimum absolute atomic E-state index is 0.409. The lowest BCUT2D eigenvalue weighted by Gasteiger charge is -2.35. The van der Waals surface area contributed by atoms with Crippen molar-refractivity contribution >= 4 is 23.7 Å². The second-order valence-electron chi connectivity index (χ2n) is 8.18. The van der Waals surface area contributed by atoms with Gasteiger partial charge in [-0.05, 0) is 36.8 Å². The van der Waals surface area contributed by atoms with E-state index in [2.05, 4.69) is 59.1 Å². The van der Waals surface area contributed by atoms with Crippen molar-refractivity contribution < 1.29 is 9.18 Å². The van der Waals surface area contributed by atoms with Crippen LogP contribution in [0.5, 0.6) is 0 Å². The predicted molar refractivity (Wildman–Crippen MR) is 138 cm³/mol. The number of carbonyl (C=O) groups is 1. The van der Waals surface area contributed by atoms with E-state index in [1.165, 1.54) is 24.0 Å². The van der Waals surface area contributed by atoms with Crippen molar-refractivity contribution in [2.24, 2.45) is 0 Å². The SMILES string of the molecule is CNc1cnc(N2CCN(c3ccc(C)cn3)CC2)nc1.O=Cc1ccc(-c2cncc(F)c2)nc1. The molecule has 4 aromatic heterocycles. The highest BCUT2D eigenvalue weighted by Gasteiger charge is 2.19. The Kier molecular flexibility index (Phi) is 8.07. The normalized spacial score (nSPS) is 13.0. The fraction of sp³-hybridized carbons (Fsp3) is 0.231. The van der Waals surface area contributed by atoms with Crippen LogP contribution in [0, 0.1) is 12.7 Å². The van der Waals surface area contributed by atoms with Crippen LogP contribution in [0.3, 0.4) is 0 Å². The van der Waals surface area contributed by atoms with Crippen LogP contribution in [-0.2, 0) is 0 Å². The van der Waals surface area contributed by atoms with E-state index in [0.717, 1.165) is 49.8 Å². The number of piperazine rings is 1. The first kappa shape index (κ1) is 24.6. The summed E-state index contributed by atoms with van der Waals surface area (Å²) in [6.45, 7) is 5.75. The number of anilines is 3. The Bertz CT molecular complexity index is 1260. The Hall–Kier alpha value is -4.47. The number of carbonyl (C=O) groups excluding carboxylic acids is 1. The van der Waals surface area contributed by atoms with E-state index in [0.29, 0.717) is 23.1 Å². The molecule has 9 nitrogen and oxygen atoms in total. The van der Waals surface area contributed by atoms with Crippen LogP contribution in [0.1, 0.15) is 15.9 Å². The Labute approximate surface area is 209 Å². The molecule has 10 heteroatoms. The van der Waals surface area contributed by atoms with Crippen molar-refractivity contribution in [3.05, 3.63) is 84.5 Å². The van der Waals surface area contributed by atoms with Crippen molar-refractivity contribution in [2.75, 3.05) is 48.3 Å². The molecular formula is C26H27FN8O. The average Bonchev–Trinajstić information content (AvgIpc) is 2.94. The molecule has 1 fully saturated rings. The summed E-state index contributed by atoms with van der Waals surface area (Å²) in [5.41, 5.74) is 3.79. The van der Waals surface area contributed by atoms with Crippen molar-refractivity contribution in [1.29, 1.82) is 0 Å². The molecule has 184 valence electrons. The van der Waals surface area contributed by atoms with Gasteiger partial charge in [-0.25, -0.2) is 19.3 Å². The molecule has 1 N–H and O–H groups in total. The second kappa shape index (κ2) is 11.8. The maximum Gasteiger partial charge on any atom is 0.225 e. The summed E-state index contributed by atoms with van der Waals surface area (Å²) in [4.78, 5) is 35.9. The van der Waals surface area contributed by atoms with Crippen LogP contribution in [-0.4, -0.2) is 64.4 Å². The van der Waals surface area contributed by atoms with Gasteiger partial charge in [-0.3, -0.25) is 14.8 Å². The summed E-state index contributed by atoms with van der Waals surface area (Å²) in [6, 6.07) is 8.81. The summed E-state index contributed by atoms with van der Waals surface area (Å²) in [7, 11) is 1.87. The van der Waals surface area contributed by atoms with E-state index >= 15 is 0 Å². The summed E-state index contributed by atoms with van der Waals surface area (Å²) in [6.07, 6.45) is 10.3. The molecule has 4 aromatic rings. The Morgan fingerprint density at radius 1 is 0.861 bits per heavy atom. The smallest absolute Gasteiger partial charge is 0.225 e. The molecule has 1 aliphatic heterocycles. The fourth-order valence-electron chi connectivity index (χ4n) is 3.59. The summed E-state index contributed by atoms with van der Waals surface area (Å²) >= 11 is 0. The summed E-state index contributed by atoms with van der Waals surface area (Å²) in [5, 5.41) is 3.03. The maximum atomic E-state index is 12.9. The lowest BCUT2D eigenvalue weighted by atomic mass is 10.2. The van der Waals surface area contributed by atoms with Gasteiger partial charge < -0.3 is 15.1 Å². The molecule has 0 radical (unpaired) electrons. The zero-order valence-corrected chi connectivity index (χ0v) is 20.2. The number of pyridine rings is 3. The summed E-state index contributed by atoms with van der Waals surface area (Å²) < 4.78 is 12.9. The fourth-order valence-corrected chi connectivity index (χ4v) is 3.59. The molecule has 5 rings (SSSR count). The van der Waals surface area contributed by atoms with Gasteiger partial charge in [0.2, 0.25) is 5.95 Å². The first-order valence-corrected chi connectivity index (χ1v) is 11.5. The van der Waals surface area contributed by atoms with Crippen LogP contribution in [0.25, 0.3) is 11.3 Å². The van der Waals surface area contributed by atoms with Crippen molar-refractivity contribution in [3.8, 4) is 11.3 Å². The third kappa shape index (κ3) is 6.35. The third-order valence-electron chi connectivity index (χ3n) is 5.63. The first-order valence-electron chi connectivity index (χ1n) is 11.5. The minimum atomic E-state index is -0.409. The highest BCUT2D eigenvalue weighted by Crippen LogP contribution is 2.18. The molecule has 0 aromatic carbocycles. The highest BCUT2D eigenvalue weighted by atomic mass is 19.1. The molecule has 0 unspecified atom stereocenters. The number of hydrogen-bond acceptors (Lipinski definition) is 9. The van der Waals surface area contributed by atoms with Gasteiger partial charge in [-0.2, -0.15) is 0 Å². The number of hydrogen-bond donors (Lipinski definition) is 1. The second-order valence-corrected chi connectivity index (χ2v) is 8.18. The molecule has 36 heavy (non-hydrogen) atoms.